The summed E-state index contributed by atoms with van der Waals surface area (Å²) in [6, 6.07) is 0. The largest absolute Gasteiger partial charge is 0.343 e. The number of hydrogen-bond donors (Lipinski definition) is 1. The third-order valence-electron chi connectivity index (χ3n) is 16.6. The van der Waals surface area contributed by atoms with Crippen molar-refractivity contribution < 1.29 is 0 Å². The number of aliphatic imine (C=N–C) groups is 1. The smallest absolute Gasteiger partial charge is 0.156 e. The summed E-state index contributed by atoms with van der Waals surface area (Å²) >= 11 is 0. The standard InChI is InChI=1S/C72H129N5/c1-9-13-16-18-19-20-21-22-23-24-26-30-36-47-59-76(60-48-37-31-27-25-28-34-42-54-65(5)52-40-15-11-3)63-51-64-77(61-49-38-32-29-35-43-55-66(6)53-41-33-17-14-10-2)62-50-39-44-56-67(7)74-72-71(73-12-4)68(8)69-57-45-46-58-70(69)75-72/h12,19-22,41,45,53,57,65-66H,7,9-11,13-18,23-40,42-44,46-52,54-56,58-64H2,1-6,8H3,(H,74,75)/b20-19+,22-21+,53-41+,73-12?. The van der Waals surface area contributed by atoms with Crippen molar-refractivity contribution >= 4 is 23.8 Å². The van der Waals surface area contributed by atoms with E-state index in [0.717, 1.165) is 54.7 Å². The van der Waals surface area contributed by atoms with E-state index < -0.39 is 0 Å². The molecule has 0 aliphatic heterocycles. The molecule has 2 atom stereocenters. The van der Waals surface area contributed by atoms with Crippen LogP contribution in [0.5, 0.6) is 0 Å². The molecule has 2 rings (SSSR count). The Hall–Kier alpha value is -2.76. The molecule has 0 saturated carbocycles. The summed E-state index contributed by atoms with van der Waals surface area (Å²) in [6.07, 6.45) is 75.3. The average Bonchev–Trinajstić information content (AvgIpc) is 3.43. The van der Waals surface area contributed by atoms with Gasteiger partial charge in [-0.05, 0) is 173 Å². The first-order valence-corrected chi connectivity index (χ1v) is 33.9. The molecule has 0 amide bonds. The second-order valence-electron chi connectivity index (χ2n) is 24.1. The minimum atomic E-state index is 0.732. The number of nitrogens with zero attached hydrogens (tertiary/aromatic N) is 4. The van der Waals surface area contributed by atoms with Gasteiger partial charge >= 0.3 is 0 Å². The number of anilines is 1. The van der Waals surface area contributed by atoms with Gasteiger partial charge in [0.2, 0.25) is 0 Å². The molecule has 0 bridgehead atoms. The number of fused-ring (bicyclic) bond motifs is 1. The van der Waals surface area contributed by atoms with E-state index in [2.05, 4.69) is 112 Å². The van der Waals surface area contributed by atoms with Crippen LogP contribution in [0.4, 0.5) is 11.5 Å². The Morgan fingerprint density at radius 1 is 0.571 bits per heavy atom. The lowest BCUT2D eigenvalue weighted by atomic mass is 9.96. The molecular weight excluding hydrogens is 935 g/mol. The van der Waals surface area contributed by atoms with Crippen molar-refractivity contribution in [1.82, 2.24) is 14.8 Å². The van der Waals surface area contributed by atoms with Gasteiger partial charge in [-0.3, -0.25) is 4.99 Å². The third-order valence-corrected chi connectivity index (χ3v) is 16.6. The number of pyridine rings is 1. The van der Waals surface area contributed by atoms with Crippen molar-refractivity contribution in [3.05, 3.63) is 71.6 Å². The van der Waals surface area contributed by atoms with Gasteiger partial charge in [0.15, 0.2) is 5.82 Å². The van der Waals surface area contributed by atoms with Gasteiger partial charge < -0.3 is 15.1 Å². The van der Waals surface area contributed by atoms with E-state index in [1.165, 1.54) is 294 Å². The molecule has 5 heteroatoms. The molecule has 0 fully saturated rings. The predicted molar refractivity (Wildman–Crippen MR) is 349 cm³/mol. The Morgan fingerprint density at radius 3 is 1.56 bits per heavy atom. The van der Waals surface area contributed by atoms with E-state index in [0.29, 0.717) is 0 Å². The number of rotatable bonds is 55. The van der Waals surface area contributed by atoms with Crippen molar-refractivity contribution in [3.63, 3.8) is 0 Å². The third kappa shape index (κ3) is 39.3. The predicted octanol–water partition coefficient (Wildman–Crippen LogP) is 22.8. The lowest BCUT2D eigenvalue weighted by Crippen LogP contribution is -2.32. The van der Waals surface area contributed by atoms with Crippen LogP contribution in [0.15, 0.2) is 59.8 Å². The van der Waals surface area contributed by atoms with Crippen LogP contribution in [0, 0.1) is 18.8 Å². The normalized spacial score (nSPS) is 13.7. The minimum absolute atomic E-state index is 0.732. The lowest BCUT2D eigenvalue weighted by Gasteiger charge is -2.26. The van der Waals surface area contributed by atoms with Crippen LogP contribution >= 0.6 is 0 Å². The fourth-order valence-corrected chi connectivity index (χ4v) is 11.5. The van der Waals surface area contributed by atoms with E-state index in [9.17, 15) is 0 Å². The fourth-order valence-electron chi connectivity index (χ4n) is 11.5. The maximum Gasteiger partial charge on any atom is 0.156 e. The molecule has 1 N–H and O–H groups in total. The summed E-state index contributed by atoms with van der Waals surface area (Å²) in [6.45, 7) is 28.0. The molecule has 0 saturated heterocycles. The lowest BCUT2D eigenvalue weighted by molar-refractivity contribution is 0.215. The first kappa shape index (κ1) is 70.3. The number of unbranched alkanes of at least 4 members (excludes halogenated alkanes) is 27. The quantitative estimate of drug-likeness (QED) is 0.0306. The molecule has 77 heavy (non-hydrogen) atoms. The molecule has 0 spiro atoms. The number of hydrogen-bond acceptors (Lipinski definition) is 5. The Kier molecular flexibility index (Phi) is 46.9. The van der Waals surface area contributed by atoms with Crippen LogP contribution in [0.2, 0.25) is 0 Å². The van der Waals surface area contributed by atoms with Crippen LogP contribution in [-0.4, -0.2) is 60.3 Å². The van der Waals surface area contributed by atoms with Crippen LogP contribution < -0.4 is 5.32 Å². The topological polar surface area (TPSA) is 43.8 Å². The first-order chi connectivity index (χ1) is 37.8. The summed E-state index contributed by atoms with van der Waals surface area (Å²) in [5, 5.41) is 3.61. The fraction of sp³-hybridized carbons (Fsp3) is 0.778. The Balaban J connectivity index is 1.90. The minimum Gasteiger partial charge on any atom is -0.343 e. The van der Waals surface area contributed by atoms with Gasteiger partial charge in [-0.15, -0.1) is 0 Å². The number of nitrogens with one attached hydrogen (secondary N) is 1. The highest BCUT2D eigenvalue weighted by atomic mass is 15.1. The highest BCUT2D eigenvalue weighted by molar-refractivity contribution is 5.78. The van der Waals surface area contributed by atoms with E-state index >= 15 is 0 Å². The molecule has 0 aromatic carbocycles. The van der Waals surface area contributed by atoms with E-state index in [4.69, 9.17) is 9.98 Å². The van der Waals surface area contributed by atoms with E-state index in [1.807, 2.05) is 13.1 Å². The first-order valence-electron chi connectivity index (χ1n) is 33.9. The Labute approximate surface area is 481 Å². The molecule has 1 aliphatic carbocycles. The highest BCUT2D eigenvalue weighted by Gasteiger charge is 2.17. The molecule has 1 aromatic rings. The summed E-state index contributed by atoms with van der Waals surface area (Å²) in [4.78, 5) is 15.6. The van der Waals surface area contributed by atoms with Crippen LogP contribution in [0.3, 0.4) is 0 Å². The highest BCUT2D eigenvalue weighted by Crippen LogP contribution is 2.35. The molecule has 442 valence electrons. The van der Waals surface area contributed by atoms with Crippen molar-refractivity contribution in [3.8, 4) is 0 Å². The molecule has 2 unspecified atom stereocenters. The van der Waals surface area contributed by atoms with Gasteiger partial charge in [-0.1, -0.05) is 250 Å². The van der Waals surface area contributed by atoms with Crippen molar-refractivity contribution in [2.24, 2.45) is 16.8 Å². The van der Waals surface area contributed by atoms with Crippen LogP contribution in [-0.2, 0) is 6.42 Å². The number of aromatic nitrogens is 1. The van der Waals surface area contributed by atoms with Gasteiger partial charge in [0.25, 0.3) is 0 Å². The van der Waals surface area contributed by atoms with Crippen molar-refractivity contribution in [2.75, 3.05) is 44.6 Å². The Morgan fingerprint density at radius 2 is 1.01 bits per heavy atom. The second kappa shape index (κ2) is 51.4. The van der Waals surface area contributed by atoms with Crippen LogP contribution in [0.25, 0.3) is 6.08 Å². The van der Waals surface area contributed by atoms with Crippen LogP contribution in [0.1, 0.15) is 315 Å². The monoisotopic (exact) mass is 1060 g/mol. The molecule has 0 radical (unpaired) electrons. The van der Waals surface area contributed by atoms with E-state index in [1.54, 1.807) is 0 Å². The van der Waals surface area contributed by atoms with Gasteiger partial charge in [0.05, 0.1) is 5.69 Å². The number of allylic oxidation sites excluding steroid dienone is 8. The molecule has 1 aromatic heterocycles. The number of aryl methyl sites for hydroxylation is 1. The molecule has 5 nitrogen and oxygen atoms in total. The zero-order chi connectivity index (χ0) is 55.5. The van der Waals surface area contributed by atoms with E-state index in [-0.39, 0.29) is 0 Å². The summed E-state index contributed by atoms with van der Waals surface area (Å²) < 4.78 is 0. The second-order valence-corrected chi connectivity index (χ2v) is 24.1. The van der Waals surface area contributed by atoms with Crippen molar-refractivity contribution in [2.45, 2.75) is 312 Å². The molecule has 1 heterocycles. The SMILES string of the molecule is C=C(CCCCCN(CCCCCCCCC(C)/C=C/CCCCC)CCCN(CCCCCCC/C=C/C=C/CCCCC)CCCCCCCCCCC(C)CCCCC)Nc1nc2c(c(C)c1N=CC)C=CCC2. The molecule has 1 aliphatic rings. The maximum atomic E-state index is 5.07. The van der Waals surface area contributed by atoms with Gasteiger partial charge in [-0.2, -0.15) is 0 Å². The maximum absolute atomic E-state index is 5.07. The van der Waals surface area contributed by atoms with Gasteiger partial charge in [0, 0.05) is 17.5 Å². The Bertz CT molecular complexity index is 1670. The van der Waals surface area contributed by atoms with Gasteiger partial charge in [0.1, 0.15) is 5.69 Å². The van der Waals surface area contributed by atoms with Gasteiger partial charge in [-0.25, -0.2) is 4.98 Å². The zero-order valence-corrected chi connectivity index (χ0v) is 52.6. The van der Waals surface area contributed by atoms with Crippen molar-refractivity contribution in [1.29, 1.82) is 0 Å². The zero-order valence-electron chi connectivity index (χ0n) is 52.6. The summed E-state index contributed by atoms with van der Waals surface area (Å²) in [5.41, 5.74) is 5.65. The summed E-state index contributed by atoms with van der Waals surface area (Å²) in [5.74, 6) is 2.53. The summed E-state index contributed by atoms with van der Waals surface area (Å²) in [7, 11) is 0. The average molecular weight is 1060 g/mol. The molecular formula is C72H129N5.